The highest BCUT2D eigenvalue weighted by molar-refractivity contribution is 5.91. The van der Waals surface area contributed by atoms with Crippen LogP contribution in [0.2, 0.25) is 0 Å². The molecule has 1 amide bonds. The molecule has 6 nitrogen and oxygen atoms in total. The molecule has 0 saturated heterocycles. The Labute approximate surface area is 103 Å². The van der Waals surface area contributed by atoms with Gasteiger partial charge in [0.2, 0.25) is 5.91 Å². The zero-order valence-corrected chi connectivity index (χ0v) is 9.71. The maximum absolute atomic E-state index is 11.4. The molecule has 0 aromatic heterocycles. The number of carbonyl (C=O) groups is 3. The average molecular weight is 251 g/mol. The molecule has 1 unspecified atom stereocenters. The van der Waals surface area contributed by atoms with Crippen molar-refractivity contribution in [1.29, 1.82) is 0 Å². The van der Waals surface area contributed by atoms with Gasteiger partial charge in [0.1, 0.15) is 0 Å². The van der Waals surface area contributed by atoms with Gasteiger partial charge in [-0.15, -0.1) is 0 Å². The molecular weight excluding hydrogens is 238 g/mol. The van der Waals surface area contributed by atoms with Crippen molar-refractivity contribution >= 4 is 17.8 Å². The van der Waals surface area contributed by atoms with Crippen molar-refractivity contribution in [2.75, 3.05) is 0 Å². The Kier molecular flexibility index (Phi) is 4.04. The molecule has 0 aliphatic rings. The topological polar surface area (TPSA) is 104 Å². The fourth-order valence-electron chi connectivity index (χ4n) is 1.72. The molecule has 1 atom stereocenters. The molecule has 18 heavy (non-hydrogen) atoms. The van der Waals surface area contributed by atoms with Gasteiger partial charge >= 0.3 is 11.9 Å². The van der Waals surface area contributed by atoms with Gasteiger partial charge in [-0.2, -0.15) is 0 Å². The lowest BCUT2D eigenvalue weighted by Gasteiger charge is -2.29. The van der Waals surface area contributed by atoms with E-state index in [1.807, 2.05) is 0 Å². The van der Waals surface area contributed by atoms with E-state index in [2.05, 4.69) is 5.32 Å². The minimum Gasteiger partial charge on any atom is -0.481 e. The SMILES string of the molecule is CC(=O)NC(CC(=O)O)(C(=O)O)c1ccccc1. The highest BCUT2D eigenvalue weighted by Crippen LogP contribution is 2.25. The van der Waals surface area contributed by atoms with Gasteiger partial charge in [-0.1, -0.05) is 30.3 Å². The first kappa shape index (κ1) is 13.7. The molecule has 0 radical (unpaired) electrons. The lowest BCUT2D eigenvalue weighted by molar-refractivity contribution is -0.153. The largest absolute Gasteiger partial charge is 0.481 e. The predicted molar refractivity (Wildman–Crippen MR) is 61.8 cm³/mol. The second-order valence-electron chi connectivity index (χ2n) is 3.83. The molecule has 96 valence electrons. The third kappa shape index (κ3) is 2.85. The number of amides is 1. The van der Waals surface area contributed by atoms with Crippen LogP contribution in [0.4, 0.5) is 0 Å². The lowest BCUT2D eigenvalue weighted by atomic mass is 9.86. The third-order valence-electron chi connectivity index (χ3n) is 2.44. The molecule has 0 fully saturated rings. The molecule has 1 aromatic rings. The highest BCUT2D eigenvalue weighted by atomic mass is 16.4. The van der Waals surface area contributed by atoms with Gasteiger partial charge in [0.05, 0.1) is 6.42 Å². The Balaban J connectivity index is 3.33. The first-order valence-electron chi connectivity index (χ1n) is 5.18. The van der Waals surface area contributed by atoms with Crippen LogP contribution < -0.4 is 5.32 Å². The first-order chi connectivity index (χ1) is 8.38. The van der Waals surface area contributed by atoms with Gasteiger partial charge in [-0.25, -0.2) is 4.79 Å². The fraction of sp³-hybridized carbons (Fsp3) is 0.250. The molecule has 1 rings (SSSR count). The average Bonchev–Trinajstić information content (AvgIpc) is 2.27. The van der Waals surface area contributed by atoms with Crippen LogP contribution in [0.25, 0.3) is 0 Å². The molecule has 0 bridgehead atoms. The van der Waals surface area contributed by atoms with Crippen molar-refractivity contribution in [1.82, 2.24) is 5.32 Å². The number of hydrogen-bond donors (Lipinski definition) is 3. The number of carboxylic acids is 2. The summed E-state index contributed by atoms with van der Waals surface area (Å²) in [4.78, 5) is 33.4. The highest BCUT2D eigenvalue weighted by Gasteiger charge is 2.43. The molecule has 6 heteroatoms. The van der Waals surface area contributed by atoms with E-state index in [0.29, 0.717) is 0 Å². The van der Waals surface area contributed by atoms with E-state index >= 15 is 0 Å². The van der Waals surface area contributed by atoms with E-state index in [9.17, 15) is 19.5 Å². The van der Waals surface area contributed by atoms with Gasteiger partial charge in [0.25, 0.3) is 0 Å². The summed E-state index contributed by atoms with van der Waals surface area (Å²) in [6.07, 6.45) is -0.730. The number of carbonyl (C=O) groups excluding carboxylic acids is 1. The molecule has 3 N–H and O–H groups in total. The second-order valence-corrected chi connectivity index (χ2v) is 3.83. The molecule has 0 aliphatic heterocycles. The van der Waals surface area contributed by atoms with E-state index in [1.165, 1.54) is 12.1 Å². The summed E-state index contributed by atoms with van der Waals surface area (Å²) in [7, 11) is 0. The third-order valence-corrected chi connectivity index (χ3v) is 2.44. The summed E-state index contributed by atoms with van der Waals surface area (Å²) in [5, 5.41) is 20.4. The lowest BCUT2D eigenvalue weighted by Crippen LogP contribution is -2.52. The Morgan fingerprint density at radius 3 is 2.11 bits per heavy atom. The quantitative estimate of drug-likeness (QED) is 0.710. The second kappa shape index (κ2) is 5.31. The van der Waals surface area contributed by atoms with Gasteiger partial charge < -0.3 is 15.5 Å². The van der Waals surface area contributed by atoms with E-state index in [1.54, 1.807) is 18.2 Å². The normalized spacial score (nSPS) is 13.4. The molecular formula is C12H13NO5. The number of rotatable bonds is 5. The van der Waals surface area contributed by atoms with Crippen LogP contribution in [0.3, 0.4) is 0 Å². The number of benzene rings is 1. The van der Waals surface area contributed by atoms with Gasteiger partial charge in [0.15, 0.2) is 5.54 Å². The van der Waals surface area contributed by atoms with Gasteiger partial charge in [0, 0.05) is 6.92 Å². The van der Waals surface area contributed by atoms with Crippen molar-refractivity contribution in [3.63, 3.8) is 0 Å². The van der Waals surface area contributed by atoms with Crippen LogP contribution in [0.5, 0.6) is 0 Å². The van der Waals surface area contributed by atoms with Crippen LogP contribution in [-0.4, -0.2) is 28.1 Å². The number of hydrogen-bond acceptors (Lipinski definition) is 3. The van der Waals surface area contributed by atoms with Crippen molar-refractivity contribution in [3.8, 4) is 0 Å². The zero-order chi connectivity index (χ0) is 13.8. The smallest absolute Gasteiger partial charge is 0.334 e. The molecule has 1 aromatic carbocycles. The Hall–Kier alpha value is -2.37. The van der Waals surface area contributed by atoms with Crippen LogP contribution in [0.15, 0.2) is 30.3 Å². The van der Waals surface area contributed by atoms with Crippen LogP contribution in [0.1, 0.15) is 18.9 Å². The fourth-order valence-corrected chi connectivity index (χ4v) is 1.72. The summed E-state index contributed by atoms with van der Waals surface area (Å²) < 4.78 is 0. The van der Waals surface area contributed by atoms with E-state index < -0.39 is 29.8 Å². The maximum Gasteiger partial charge on any atom is 0.334 e. The predicted octanol–water partition coefficient (Wildman–Crippen LogP) is 0.577. The monoisotopic (exact) mass is 251 g/mol. The summed E-state index contributed by atoms with van der Waals surface area (Å²) in [6.45, 7) is 1.14. The Morgan fingerprint density at radius 1 is 1.17 bits per heavy atom. The van der Waals surface area contributed by atoms with Crippen molar-refractivity contribution in [3.05, 3.63) is 35.9 Å². The summed E-state index contributed by atoms with van der Waals surface area (Å²) in [5.74, 6) is -3.33. The van der Waals surface area contributed by atoms with Crippen LogP contribution in [0, 0.1) is 0 Å². The molecule has 0 saturated carbocycles. The molecule has 0 aliphatic carbocycles. The summed E-state index contributed by atoms with van der Waals surface area (Å²) in [6, 6.07) is 7.76. The van der Waals surface area contributed by atoms with Crippen molar-refractivity contribution in [2.24, 2.45) is 0 Å². The number of aliphatic carboxylic acids is 2. The standard InChI is InChI=1S/C12H13NO5/c1-8(14)13-12(11(17)18,7-10(15)16)9-5-3-2-4-6-9/h2-6H,7H2,1H3,(H,13,14)(H,15,16)(H,17,18). The van der Waals surface area contributed by atoms with Crippen molar-refractivity contribution in [2.45, 2.75) is 18.9 Å². The van der Waals surface area contributed by atoms with Crippen molar-refractivity contribution < 1.29 is 24.6 Å². The Morgan fingerprint density at radius 2 is 1.72 bits per heavy atom. The maximum atomic E-state index is 11.4. The van der Waals surface area contributed by atoms with E-state index in [-0.39, 0.29) is 5.56 Å². The zero-order valence-electron chi connectivity index (χ0n) is 9.71. The first-order valence-corrected chi connectivity index (χ1v) is 5.18. The van der Waals surface area contributed by atoms with Gasteiger partial charge in [-0.3, -0.25) is 9.59 Å². The minimum absolute atomic E-state index is 0.218. The minimum atomic E-state index is -1.95. The molecule has 0 heterocycles. The Bertz CT molecular complexity index is 453. The van der Waals surface area contributed by atoms with E-state index in [4.69, 9.17) is 5.11 Å². The molecule has 0 spiro atoms. The number of nitrogens with one attached hydrogen (secondary N) is 1. The van der Waals surface area contributed by atoms with Crippen LogP contribution >= 0.6 is 0 Å². The number of carboxylic acid groups (broad SMARTS) is 2. The summed E-state index contributed by atoms with van der Waals surface area (Å²) in [5.41, 5.74) is -1.73. The van der Waals surface area contributed by atoms with E-state index in [0.717, 1.165) is 6.92 Å². The van der Waals surface area contributed by atoms with Crippen LogP contribution in [-0.2, 0) is 19.9 Å². The van der Waals surface area contributed by atoms with Gasteiger partial charge in [-0.05, 0) is 5.56 Å². The summed E-state index contributed by atoms with van der Waals surface area (Å²) >= 11 is 0.